The fourth-order valence-corrected chi connectivity index (χ4v) is 9.23. The van der Waals surface area contributed by atoms with Gasteiger partial charge in [0, 0.05) is 69.6 Å². The Bertz CT molecular complexity index is 2330. The number of hydrogen-bond acceptors (Lipinski definition) is 18. The lowest BCUT2D eigenvalue weighted by atomic mass is 9.88. The highest BCUT2D eigenvalue weighted by molar-refractivity contribution is 5.91. The molecule has 0 fully saturated rings. The topological polar surface area (TPSA) is 343 Å². The molecule has 0 aliphatic heterocycles. The summed E-state index contributed by atoms with van der Waals surface area (Å²) in [5.41, 5.74) is 0.779. The predicted molar refractivity (Wildman–Crippen MR) is 323 cm³/mol. The van der Waals surface area contributed by atoms with Gasteiger partial charge in [-0.25, -0.2) is 14.6 Å². The molecule has 1 aromatic carbocycles. The molecule has 0 saturated heterocycles. The Hall–Kier alpha value is -6.47. The quantitative estimate of drug-likeness (QED) is 0.0280. The minimum Gasteiger partial charge on any atom is -0.494 e. The van der Waals surface area contributed by atoms with Crippen molar-refractivity contribution in [3.63, 3.8) is 0 Å². The van der Waals surface area contributed by atoms with Crippen molar-refractivity contribution in [1.82, 2.24) is 31.2 Å². The monoisotopic (exact) mass is 1230 g/mol. The number of carboxylic acid groups (broad SMARTS) is 2. The van der Waals surface area contributed by atoms with Gasteiger partial charge in [-0.15, -0.1) is 0 Å². The first-order valence-corrected chi connectivity index (χ1v) is 31.1. The van der Waals surface area contributed by atoms with E-state index in [1.807, 2.05) is 20.8 Å². The van der Waals surface area contributed by atoms with Crippen LogP contribution in [0.2, 0.25) is 0 Å². The largest absolute Gasteiger partial charge is 0.494 e. The van der Waals surface area contributed by atoms with Crippen LogP contribution in [-0.4, -0.2) is 176 Å². The van der Waals surface area contributed by atoms with Gasteiger partial charge in [-0.3, -0.25) is 38.4 Å². The van der Waals surface area contributed by atoms with E-state index in [0.29, 0.717) is 76.1 Å². The van der Waals surface area contributed by atoms with Crippen LogP contribution in [0.25, 0.3) is 0 Å². The van der Waals surface area contributed by atoms with Crippen LogP contribution in [0.4, 0.5) is 0 Å². The number of carbonyl (C=O) groups is 10. The molecule has 7 N–H and O–H groups in total. The molecule has 490 valence electrons. The Balaban J connectivity index is 1.47. The number of hydrogen-bond donors (Lipinski definition) is 7. The average molecular weight is 1230 g/mol. The van der Waals surface area contributed by atoms with Gasteiger partial charge in [0.25, 0.3) is 0 Å². The van der Waals surface area contributed by atoms with Gasteiger partial charge >= 0.3 is 17.9 Å². The minimum absolute atomic E-state index is 0.0221. The van der Waals surface area contributed by atoms with Crippen molar-refractivity contribution in [3.05, 3.63) is 48.0 Å². The summed E-state index contributed by atoms with van der Waals surface area (Å²) in [4.78, 5) is 132. The second kappa shape index (κ2) is 46.7. The first kappa shape index (κ1) is 76.6. The summed E-state index contributed by atoms with van der Waals surface area (Å²) in [6, 6.07) is 4.67. The number of nitrogens with one attached hydrogen (secondary N) is 5. The average Bonchev–Trinajstić information content (AvgIpc) is 4.08. The first-order chi connectivity index (χ1) is 41.7. The number of carbonyl (C=O) groups excluding carboxylic acids is 8. The summed E-state index contributed by atoms with van der Waals surface area (Å²) in [6.45, 7) is 12.8. The molecule has 0 bridgehead atoms. The zero-order valence-corrected chi connectivity index (χ0v) is 52.3. The number of nitrogens with zero attached hydrogens (tertiary/aromatic N) is 1. The van der Waals surface area contributed by atoms with Gasteiger partial charge < -0.3 is 64.9 Å². The Labute approximate surface area is 513 Å². The summed E-state index contributed by atoms with van der Waals surface area (Å²) in [5.74, 6) is -5.34. The van der Waals surface area contributed by atoms with Crippen LogP contribution in [0, 0.1) is 23.7 Å². The van der Waals surface area contributed by atoms with E-state index in [2.05, 4.69) is 31.2 Å². The maximum Gasteiger partial charge on any atom is 0.335 e. The van der Waals surface area contributed by atoms with E-state index in [1.165, 1.54) is 31.6 Å². The smallest absolute Gasteiger partial charge is 0.335 e. The normalized spacial score (nSPS) is 13.4. The van der Waals surface area contributed by atoms with Gasteiger partial charge in [0.2, 0.25) is 17.7 Å². The number of rotatable bonds is 55. The summed E-state index contributed by atoms with van der Waals surface area (Å²) in [7, 11) is 0. The fourth-order valence-electron chi connectivity index (χ4n) is 9.23. The zero-order chi connectivity index (χ0) is 64.2. The molecule has 0 unspecified atom stereocenters. The number of aromatic amines is 1. The molecule has 3 amide bonds. The van der Waals surface area contributed by atoms with Crippen LogP contribution in [0.3, 0.4) is 0 Å². The molecule has 6 atom stereocenters. The number of ether oxygens (including phenoxy) is 6. The second-order valence-corrected chi connectivity index (χ2v) is 22.2. The van der Waals surface area contributed by atoms with Crippen molar-refractivity contribution in [3.8, 4) is 5.75 Å². The number of benzene rings is 1. The lowest BCUT2D eigenvalue weighted by molar-refractivity contribution is -0.159. The molecule has 0 aliphatic carbocycles. The van der Waals surface area contributed by atoms with Gasteiger partial charge in [0.1, 0.15) is 36.6 Å². The third-order valence-corrected chi connectivity index (χ3v) is 14.7. The van der Waals surface area contributed by atoms with Crippen molar-refractivity contribution < 1.29 is 86.6 Å². The van der Waals surface area contributed by atoms with E-state index in [4.69, 9.17) is 33.5 Å². The zero-order valence-electron chi connectivity index (χ0n) is 52.3. The Kier molecular flexibility index (Phi) is 41.1. The van der Waals surface area contributed by atoms with Gasteiger partial charge in [-0.05, 0) is 94.4 Å². The molecular weight excluding hydrogens is 1130 g/mol. The molecule has 2 rings (SSSR count). The number of aromatic nitrogens is 2. The van der Waals surface area contributed by atoms with Crippen molar-refractivity contribution in [2.24, 2.45) is 23.7 Å². The molecule has 1 aromatic heterocycles. The molecule has 0 spiro atoms. The van der Waals surface area contributed by atoms with Crippen molar-refractivity contribution >= 4 is 58.8 Å². The van der Waals surface area contributed by atoms with Crippen molar-refractivity contribution in [2.45, 2.75) is 182 Å². The number of esters is 1. The lowest BCUT2D eigenvalue weighted by Crippen LogP contribution is -2.50. The number of aliphatic carboxylic acids is 1. The van der Waals surface area contributed by atoms with Gasteiger partial charge in [0.15, 0.2) is 17.7 Å². The highest BCUT2D eigenvalue weighted by Gasteiger charge is 2.34. The van der Waals surface area contributed by atoms with Crippen LogP contribution in [-0.2, 0) is 73.3 Å². The highest BCUT2D eigenvalue weighted by Crippen LogP contribution is 2.21. The number of imidazole rings is 1. The maximum atomic E-state index is 13.6. The third-order valence-electron chi connectivity index (χ3n) is 14.7. The summed E-state index contributed by atoms with van der Waals surface area (Å²) >= 11 is 0. The minimum atomic E-state index is -1.21. The van der Waals surface area contributed by atoms with Crippen molar-refractivity contribution in [2.75, 3.05) is 79.1 Å². The fraction of sp³-hybridized carbons (Fsp3) is 0.698. The number of aromatic carboxylic acids is 1. The van der Waals surface area contributed by atoms with E-state index in [1.54, 1.807) is 26.0 Å². The van der Waals surface area contributed by atoms with E-state index in [0.717, 1.165) is 44.9 Å². The standard InChI is InChI=1S/C63H100N6O18/c1-7-45(5)53(8-2)60(76)69-59(44(3)4)63(81)87-56(38-49-39-64-43-68-49)55(73)40-67-54(46(6)70)21-15-16-28-65-58(75)42-85-36-33-82-30-18-20-51(72)41-84-35-34-83-32-29-66-57(74)27-24-48(62(79)80)37-50(71)19-14-12-10-9-11-13-17-31-86-52-25-22-47(23-26-52)61(77)78/h22-23,25-26,39,43-45,48,53-54,56,59,67H,7-21,24,27-38,40-42H2,1-6H3,(H,64,68)(H,65,75)(H,66,74)(H,69,76)(H,77,78)(H,79,80)/t45-,48+,53-,54-,56-,59-/m0/s1. The first-order valence-electron chi connectivity index (χ1n) is 31.1. The van der Waals surface area contributed by atoms with Crippen LogP contribution in [0.5, 0.6) is 5.75 Å². The maximum absolute atomic E-state index is 13.6. The summed E-state index contributed by atoms with van der Waals surface area (Å²) in [5, 5.41) is 29.9. The number of unbranched alkanes of at least 4 members (excludes halogenated alkanes) is 7. The molecule has 0 saturated carbocycles. The van der Waals surface area contributed by atoms with E-state index in [9.17, 15) is 53.1 Å². The van der Waals surface area contributed by atoms with E-state index >= 15 is 0 Å². The number of carboxylic acids is 2. The molecule has 87 heavy (non-hydrogen) atoms. The summed E-state index contributed by atoms with van der Waals surface area (Å²) in [6.07, 6.45) is 12.1. The summed E-state index contributed by atoms with van der Waals surface area (Å²) < 4.78 is 33.2. The number of Topliss-reactive ketones (excluding diaryl/α,β-unsaturated/α-hetero) is 4. The van der Waals surface area contributed by atoms with Crippen LogP contribution >= 0.6 is 0 Å². The van der Waals surface area contributed by atoms with Gasteiger partial charge in [-0.1, -0.05) is 73.1 Å². The number of H-pyrrole nitrogens is 1. The molecular formula is C63H100N6O18. The lowest BCUT2D eigenvalue weighted by Gasteiger charge is -2.27. The van der Waals surface area contributed by atoms with Crippen LogP contribution < -0.4 is 26.0 Å². The van der Waals surface area contributed by atoms with Crippen LogP contribution in [0.1, 0.15) is 173 Å². The number of ketones is 4. The Morgan fingerprint density at radius 3 is 1.92 bits per heavy atom. The SMILES string of the molecule is CC[C@H](C(=O)N[C@H](C(=O)O[C@@H](Cc1cnc[nH]1)C(=O)CN[C@@H](CCCCNC(=O)COCCOCCCC(=O)COCCOCCNC(=O)CC[C@H](CC(=O)CCCCCCCCCOc1ccc(C(=O)O)cc1)C(=O)O)C(C)=O)C(C)C)[C@@H](C)CC. The second-order valence-electron chi connectivity index (χ2n) is 22.2. The Morgan fingerprint density at radius 2 is 1.29 bits per heavy atom. The van der Waals surface area contributed by atoms with Crippen molar-refractivity contribution in [1.29, 1.82) is 0 Å². The van der Waals surface area contributed by atoms with E-state index < -0.39 is 47.8 Å². The molecule has 2 aromatic rings. The molecule has 1 heterocycles. The third kappa shape index (κ3) is 35.8. The molecule has 24 nitrogen and oxygen atoms in total. The predicted octanol–water partition coefficient (Wildman–Crippen LogP) is 6.35. The highest BCUT2D eigenvalue weighted by atomic mass is 16.6. The molecule has 24 heteroatoms. The number of amides is 3. The molecule has 0 radical (unpaired) electrons. The Morgan fingerprint density at radius 1 is 0.644 bits per heavy atom. The molecule has 0 aliphatic rings. The van der Waals surface area contributed by atoms with Gasteiger partial charge in [0.05, 0.1) is 70.0 Å². The van der Waals surface area contributed by atoms with Crippen LogP contribution in [0.15, 0.2) is 36.8 Å². The van der Waals surface area contributed by atoms with Gasteiger partial charge in [-0.2, -0.15) is 0 Å². The van der Waals surface area contributed by atoms with E-state index in [-0.39, 0.29) is 150 Å².